The Morgan fingerprint density at radius 3 is 2.95 bits per heavy atom. The van der Waals surface area contributed by atoms with Crippen molar-refractivity contribution < 1.29 is 0 Å². The Labute approximate surface area is 116 Å². The van der Waals surface area contributed by atoms with Gasteiger partial charge < -0.3 is 9.88 Å². The summed E-state index contributed by atoms with van der Waals surface area (Å²) in [5.41, 5.74) is 1.36. The molecule has 19 heavy (non-hydrogen) atoms. The van der Waals surface area contributed by atoms with Gasteiger partial charge in [-0.1, -0.05) is 0 Å². The SMILES string of the molecule is CCn1cncc1CN(CC1CC1)CC1CCCN1. The van der Waals surface area contributed by atoms with E-state index in [0.29, 0.717) is 6.04 Å². The van der Waals surface area contributed by atoms with E-state index in [1.54, 1.807) is 0 Å². The number of hydrogen-bond donors (Lipinski definition) is 1. The Hall–Kier alpha value is -0.870. The predicted octanol–water partition coefficient (Wildman–Crippen LogP) is 1.87. The van der Waals surface area contributed by atoms with Crippen molar-refractivity contribution in [3.05, 3.63) is 18.2 Å². The number of rotatable bonds is 7. The summed E-state index contributed by atoms with van der Waals surface area (Å²) in [6.45, 7) is 7.94. The van der Waals surface area contributed by atoms with E-state index >= 15 is 0 Å². The van der Waals surface area contributed by atoms with Gasteiger partial charge in [0, 0.05) is 38.4 Å². The Morgan fingerprint density at radius 2 is 2.26 bits per heavy atom. The summed E-state index contributed by atoms with van der Waals surface area (Å²) in [4.78, 5) is 6.94. The van der Waals surface area contributed by atoms with E-state index in [4.69, 9.17) is 0 Å². The van der Waals surface area contributed by atoms with Gasteiger partial charge in [0.25, 0.3) is 0 Å². The molecule has 1 aromatic heterocycles. The number of imidazole rings is 1. The van der Waals surface area contributed by atoms with E-state index in [0.717, 1.165) is 19.0 Å². The maximum absolute atomic E-state index is 4.29. The molecule has 106 valence electrons. The van der Waals surface area contributed by atoms with Crippen LogP contribution in [-0.2, 0) is 13.1 Å². The number of aryl methyl sites for hydroxylation is 1. The van der Waals surface area contributed by atoms with Crippen molar-refractivity contribution in [1.82, 2.24) is 19.8 Å². The summed E-state index contributed by atoms with van der Waals surface area (Å²) in [7, 11) is 0. The monoisotopic (exact) mass is 262 g/mol. The first kappa shape index (κ1) is 13.1. The molecule has 1 aromatic rings. The molecule has 0 spiro atoms. The molecule has 1 N–H and O–H groups in total. The van der Waals surface area contributed by atoms with Crippen LogP contribution in [0, 0.1) is 5.92 Å². The quantitative estimate of drug-likeness (QED) is 0.814. The van der Waals surface area contributed by atoms with Gasteiger partial charge in [0.1, 0.15) is 0 Å². The Kier molecular flexibility index (Phi) is 4.18. The molecule has 0 radical (unpaired) electrons. The van der Waals surface area contributed by atoms with Crippen LogP contribution in [0.2, 0.25) is 0 Å². The second-order valence-corrected chi connectivity index (χ2v) is 6.10. The van der Waals surface area contributed by atoms with Crippen molar-refractivity contribution in [3.8, 4) is 0 Å². The molecule has 4 heteroatoms. The van der Waals surface area contributed by atoms with Crippen molar-refractivity contribution in [2.75, 3.05) is 19.6 Å². The van der Waals surface area contributed by atoms with Gasteiger partial charge >= 0.3 is 0 Å². The smallest absolute Gasteiger partial charge is 0.0948 e. The Balaban J connectivity index is 1.60. The lowest BCUT2D eigenvalue weighted by molar-refractivity contribution is 0.226. The van der Waals surface area contributed by atoms with Gasteiger partial charge in [0.2, 0.25) is 0 Å². The summed E-state index contributed by atoms with van der Waals surface area (Å²) in [5, 5.41) is 3.62. The fourth-order valence-electron chi connectivity index (χ4n) is 3.09. The van der Waals surface area contributed by atoms with Crippen molar-refractivity contribution >= 4 is 0 Å². The maximum Gasteiger partial charge on any atom is 0.0948 e. The van der Waals surface area contributed by atoms with Crippen LogP contribution in [0.4, 0.5) is 0 Å². The number of aromatic nitrogens is 2. The zero-order chi connectivity index (χ0) is 13.1. The highest BCUT2D eigenvalue weighted by Gasteiger charge is 2.26. The molecule has 1 saturated heterocycles. The minimum atomic E-state index is 0.705. The van der Waals surface area contributed by atoms with Crippen LogP contribution in [0.1, 0.15) is 38.3 Å². The van der Waals surface area contributed by atoms with Gasteiger partial charge in [-0.15, -0.1) is 0 Å². The van der Waals surface area contributed by atoms with E-state index in [9.17, 15) is 0 Å². The van der Waals surface area contributed by atoms with Gasteiger partial charge in [-0.05, 0) is 45.1 Å². The molecule has 1 saturated carbocycles. The minimum absolute atomic E-state index is 0.705. The van der Waals surface area contributed by atoms with E-state index in [1.807, 2.05) is 12.5 Å². The molecule has 0 aromatic carbocycles. The highest BCUT2D eigenvalue weighted by atomic mass is 15.2. The Bertz CT molecular complexity index is 391. The van der Waals surface area contributed by atoms with Gasteiger partial charge in [-0.25, -0.2) is 4.98 Å². The lowest BCUT2D eigenvalue weighted by atomic mass is 10.2. The summed E-state index contributed by atoms with van der Waals surface area (Å²) in [6.07, 6.45) is 9.54. The first-order valence-electron chi connectivity index (χ1n) is 7.80. The van der Waals surface area contributed by atoms with Crippen molar-refractivity contribution in [1.29, 1.82) is 0 Å². The first-order valence-corrected chi connectivity index (χ1v) is 7.80. The highest BCUT2D eigenvalue weighted by Crippen LogP contribution is 2.30. The largest absolute Gasteiger partial charge is 0.334 e. The molecule has 0 bridgehead atoms. The fourth-order valence-corrected chi connectivity index (χ4v) is 3.09. The predicted molar refractivity (Wildman–Crippen MR) is 76.9 cm³/mol. The van der Waals surface area contributed by atoms with E-state index < -0.39 is 0 Å². The molecule has 4 nitrogen and oxygen atoms in total. The average Bonchev–Trinajstić information content (AvgIpc) is 2.91. The summed E-state index contributed by atoms with van der Waals surface area (Å²) >= 11 is 0. The van der Waals surface area contributed by atoms with Gasteiger partial charge in [-0.3, -0.25) is 4.90 Å². The van der Waals surface area contributed by atoms with Crippen LogP contribution < -0.4 is 5.32 Å². The van der Waals surface area contributed by atoms with Crippen LogP contribution in [0.5, 0.6) is 0 Å². The van der Waals surface area contributed by atoms with E-state index in [-0.39, 0.29) is 0 Å². The average molecular weight is 262 g/mol. The molecule has 1 unspecified atom stereocenters. The third-order valence-corrected chi connectivity index (χ3v) is 4.38. The number of hydrogen-bond acceptors (Lipinski definition) is 3. The van der Waals surface area contributed by atoms with Crippen molar-refractivity contribution in [3.63, 3.8) is 0 Å². The first-order chi connectivity index (χ1) is 9.35. The lowest BCUT2D eigenvalue weighted by Crippen LogP contribution is -2.38. The standard InChI is InChI=1S/C15H26N4/c1-2-19-12-16-8-15(19)11-18(9-13-5-6-13)10-14-4-3-7-17-14/h8,12-14,17H,2-7,9-11H2,1H3. The molecule has 2 aliphatic rings. The summed E-state index contributed by atoms with van der Waals surface area (Å²) in [5.74, 6) is 0.958. The molecule has 3 rings (SSSR count). The van der Waals surface area contributed by atoms with Crippen molar-refractivity contribution in [2.24, 2.45) is 5.92 Å². The lowest BCUT2D eigenvalue weighted by Gasteiger charge is -2.26. The van der Waals surface area contributed by atoms with Gasteiger partial charge in [-0.2, -0.15) is 0 Å². The summed E-state index contributed by atoms with van der Waals surface area (Å²) < 4.78 is 2.27. The third-order valence-electron chi connectivity index (χ3n) is 4.38. The normalized spacial score (nSPS) is 23.4. The van der Waals surface area contributed by atoms with Crippen LogP contribution in [0.15, 0.2) is 12.5 Å². The highest BCUT2D eigenvalue weighted by molar-refractivity contribution is 4.99. The Morgan fingerprint density at radius 1 is 1.37 bits per heavy atom. The minimum Gasteiger partial charge on any atom is -0.334 e. The van der Waals surface area contributed by atoms with Crippen LogP contribution in [-0.4, -0.2) is 40.1 Å². The number of nitrogens with zero attached hydrogens (tertiary/aromatic N) is 3. The van der Waals surface area contributed by atoms with Crippen LogP contribution >= 0.6 is 0 Å². The van der Waals surface area contributed by atoms with E-state index in [2.05, 4.69) is 26.7 Å². The maximum atomic E-state index is 4.29. The molecule has 1 aliphatic heterocycles. The summed E-state index contributed by atoms with van der Waals surface area (Å²) in [6, 6.07) is 0.705. The topological polar surface area (TPSA) is 33.1 Å². The molecular formula is C15H26N4. The second-order valence-electron chi connectivity index (χ2n) is 6.10. The van der Waals surface area contributed by atoms with Crippen LogP contribution in [0.25, 0.3) is 0 Å². The molecule has 2 fully saturated rings. The van der Waals surface area contributed by atoms with Crippen LogP contribution in [0.3, 0.4) is 0 Å². The molecule has 1 atom stereocenters. The van der Waals surface area contributed by atoms with E-state index in [1.165, 1.54) is 51.0 Å². The molecule has 1 aliphatic carbocycles. The number of nitrogens with one attached hydrogen (secondary N) is 1. The molecule has 0 amide bonds. The molecular weight excluding hydrogens is 236 g/mol. The zero-order valence-corrected chi connectivity index (χ0v) is 12.0. The third kappa shape index (κ3) is 3.57. The fraction of sp³-hybridized carbons (Fsp3) is 0.800. The van der Waals surface area contributed by atoms with Crippen molar-refractivity contribution in [2.45, 2.75) is 51.7 Å². The zero-order valence-electron chi connectivity index (χ0n) is 12.0. The second kappa shape index (κ2) is 6.06. The van der Waals surface area contributed by atoms with Gasteiger partial charge in [0.15, 0.2) is 0 Å². The molecule has 2 heterocycles. The van der Waals surface area contributed by atoms with Gasteiger partial charge in [0.05, 0.1) is 12.0 Å².